The highest BCUT2D eigenvalue weighted by Crippen LogP contribution is 2.38. The topological polar surface area (TPSA) is 65.0 Å². The lowest BCUT2D eigenvalue weighted by Crippen LogP contribution is -2.01. The van der Waals surface area contributed by atoms with Gasteiger partial charge in [0.2, 0.25) is 5.75 Å². The third-order valence-electron chi connectivity index (χ3n) is 4.02. The monoisotopic (exact) mass is 376 g/mol. The lowest BCUT2D eigenvalue weighted by atomic mass is 9.99. The molecule has 0 radical (unpaired) electrons. The van der Waals surface area contributed by atoms with Gasteiger partial charge in [-0.2, -0.15) is 0 Å². The summed E-state index contributed by atoms with van der Waals surface area (Å²) >= 11 is 6.19. The summed E-state index contributed by atoms with van der Waals surface area (Å²) in [6.07, 6.45) is 2.98. The first kappa shape index (κ1) is 19.7. The number of ketones is 1. The van der Waals surface area contributed by atoms with Crippen molar-refractivity contribution in [1.29, 1.82) is 0 Å². The molecule has 0 unspecified atom stereocenters. The maximum atomic E-state index is 12.6. The number of phenolic OH excluding ortho intramolecular Hbond substituents is 1. The molecule has 0 aliphatic carbocycles. The number of benzene rings is 2. The molecule has 5 nitrogen and oxygen atoms in total. The Morgan fingerprint density at radius 1 is 1.04 bits per heavy atom. The van der Waals surface area contributed by atoms with Crippen molar-refractivity contribution in [1.82, 2.24) is 0 Å². The number of rotatable bonds is 6. The molecule has 0 atom stereocenters. The minimum Gasteiger partial charge on any atom is -0.507 e. The van der Waals surface area contributed by atoms with Crippen LogP contribution in [-0.4, -0.2) is 32.2 Å². The van der Waals surface area contributed by atoms with Crippen LogP contribution in [0, 0.1) is 13.8 Å². The van der Waals surface area contributed by atoms with Crippen molar-refractivity contribution >= 4 is 23.5 Å². The fourth-order valence-electron chi connectivity index (χ4n) is 2.70. The van der Waals surface area contributed by atoms with E-state index in [-0.39, 0.29) is 17.1 Å². The van der Waals surface area contributed by atoms with Crippen LogP contribution >= 0.6 is 11.6 Å². The smallest absolute Gasteiger partial charge is 0.203 e. The first-order valence-corrected chi connectivity index (χ1v) is 8.22. The van der Waals surface area contributed by atoms with E-state index in [1.165, 1.54) is 33.5 Å². The summed E-state index contributed by atoms with van der Waals surface area (Å²) in [6, 6.07) is 4.93. The summed E-state index contributed by atoms with van der Waals surface area (Å²) in [4.78, 5) is 12.6. The third-order valence-corrected chi connectivity index (χ3v) is 4.60. The SMILES string of the molecule is COc1cc(/C=C/C(=O)c2c(O)cc(C)c(Cl)c2C)cc(OC)c1OC. The Hall–Kier alpha value is -2.66. The van der Waals surface area contributed by atoms with Crippen molar-refractivity contribution in [3.05, 3.63) is 51.6 Å². The summed E-state index contributed by atoms with van der Waals surface area (Å²) in [5, 5.41) is 10.6. The highest BCUT2D eigenvalue weighted by Gasteiger charge is 2.17. The van der Waals surface area contributed by atoms with Crippen LogP contribution in [0.3, 0.4) is 0 Å². The fourth-order valence-corrected chi connectivity index (χ4v) is 2.85. The quantitative estimate of drug-likeness (QED) is 0.590. The predicted molar refractivity (Wildman–Crippen MR) is 102 cm³/mol. The van der Waals surface area contributed by atoms with E-state index in [0.29, 0.717) is 39.0 Å². The van der Waals surface area contributed by atoms with Crippen molar-refractivity contribution in [3.8, 4) is 23.0 Å². The average molecular weight is 377 g/mol. The van der Waals surface area contributed by atoms with Crippen LogP contribution < -0.4 is 14.2 Å². The highest BCUT2D eigenvalue weighted by molar-refractivity contribution is 6.33. The van der Waals surface area contributed by atoms with Gasteiger partial charge in [-0.15, -0.1) is 0 Å². The van der Waals surface area contributed by atoms with Gasteiger partial charge in [0.05, 0.1) is 26.9 Å². The largest absolute Gasteiger partial charge is 0.507 e. The van der Waals surface area contributed by atoms with Crippen LogP contribution in [0.4, 0.5) is 0 Å². The van der Waals surface area contributed by atoms with E-state index < -0.39 is 0 Å². The molecule has 0 spiro atoms. The zero-order chi connectivity index (χ0) is 19.4. The van der Waals surface area contributed by atoms with Gasteiger partial charge < -0.3 is 19.3 Å². The molecule has 2 rings (SSSR count). The number of hydrogen-bond donors (Lipinski definition) is 1. The van der Waals surface area contributed by atoms with Gasteiger partial charge >= 0.3 is 0 Å². The number of allylic oxidation sites excluding steroid dienone is 1. The number of phenols is 1. The molecule has 2 aromatic rings. The van der Waals surface area contributed by atoms with Crippen molar-refractivity contribution in [2.24, 2.45) is 0 Å². The second kappa shape index (κ2) is 8.15. The number of hydrogen-bond acceptors (Lipinski definition) is 5. The van der Waals surface area contributed by atoms with E-state index in [2.05, 4.69) is 0 Å². The summed E-state index contributed by atoms with van der Waals surface area (Å²) in [5.41, 5.74) is 2.13. The van der Waals surface area contributed by atoms with Crippen LogP contribution in [0.15, 0.2) is 24.3 Å². The number of aromatic hydroxyl groups is 1. The number of ether oxygens (including phenoxy) is 3. The molecule has 0 heterocycles. The minimum absolute atomic E-state index is 0.0936. The van der Waals surface area contributed by atoms with E-state index in [0.717, 1.165) is 0 Å². The standard InChI is InChI=1S/C20H21ClO5/c1-11-8-15(23)18(12(2)19(11)21)14(22)7-6-13-9-16(24-3)20(26-5)17(10-13)25-4/h6-10,23H,1-5H3/b7-6+. The summed E-state index contributed by atoms with van der Waals surface area (Å²) in [6.45, 7) is 3.48. The second-order valence-electron chi connectivity index (χ2n) is 5.68. The first-order valence-electron chi connectivity index (χ1n) is 7.85. The molecule has 1 N–H and O–H groups in total. The van der Waals surface area contributed by atoms with E-state index in [1.807, 2.05) is 0 Å². The maximum Gasteiger partial charge on any atom is 0.203 e. The van der Waals surface area contributed by atoms with Gasteiger partial charge in [-0.1, -0.05) is 17.7 Å². The van der Waals surface area contributed by atoms with E-state index in [4.69, 9.17) is 25.8 Å². The van der Waals surface area contributed by atoms with E-state index in [1.54, 1.807) is 32.1 Å². The molecule has 0 aliphatic rings. The van der Waals surface area contributed by atoms with Crippen molar-refractivity contribution in [3.63, 3.8) is 0 Å². The first-order chi connectivity index (χ1) is 12.3. The van der Waals surface area contributed by atoms with Gasteiger partial charge in [0.25, 0.3) is 0 Å². The number of halogens is 1. The zero-order valence-electron chi connectivity index (χ0n) is 15.3. The molecule has 2 aromatic carbocycles. The molecule has 0 fully saturated rings. The number of carbonyl (C=O) groups is 1. The summed E-state index contributed by atoms with van der Waals surface area (Å²) < 4.78 is 15.9. The summed E-state index contributed by atoms with van der Waals surface area (Å²) in [5.74, 6) is 0.990. The van der Waals surface area contributed by atoms with Crippen LogP contribution in [0.2, 0.25) is 5.02 Å². The molecule has 138 valence electrons. The van der Waals surface area contributed by atoms with Gasteiger partial charge in [0.1, 0.15) is 5.75 Å². The Labute approximate surface area is 157 Å². The Morgan fingerprint density at radius 2 is 1.62 bits per heavy atom. The summed E-state index contributed by atoms with van der Waals surface area (Å²) in [7, 11) is 4.56. The zero-order valence-corrected chi connectivity index (χ0v) is 16.1. The Morgan fingerprint density at radius 3 is 2.12 bits per heavy atom. The molecule has 6 heteroatoms. The second-order valence-corrected chi connectivity index (χ2v) is 6.06. The molecular formula is C20H21ClO5. The van der Waals surface area contributed by atoms with Crippen molar-refractivity contribution in [2.45, 2.75) is 13.8 Å². The number of carbonyl (C=O) groups excluding carboxylic acids is 1. The molecule has 0 aliphatic heterocycles. The fraction of sp³-hybridized carbons (Fsp3) is 0.250. The Bertz CT molecular complexity index is 846. The molecule has 0 saturated carbocycles. The van der Waals surface area contributed by atoms with Gasteiger partial charge in [0.15, 0.2) is 17.3 Å². The van der Waals surface area contributed by atoms with E-state index >= 15 is 0 Å². The van der Waals surface area contributed by atoms with Crippen LogP contribution in [0.5, 0.6) is 23.0 Å². The van der Waals surface area contributed by atoms with E-state index in [9.17, 15) is 9.90 Å². The molecule has 26 heavy (non-hydrogen) atoms. The molecule has 0 bridgehead atoms. The van der Waals surface area contributed by atoms with Gasteiger partial charge in [-0.05, 0) is 54.8 Å². The maximum absolute atomic E-state index is 12.6. The van der Waals surface area contributed by atoms with Crippen LogP contribution in [0.1, 0.15) is 27.0 Å². The molecular weight excluding hydrogens is 356 g/mol. The Kier molecular flexibility index (Phi) is 6.16. The Balaban J connectivity index is 2.42. The van der Waals surface area contributed by atoms with Crippen LogP contribution in [0.25, 0.3) is 6.08 Å². The van der Waals surface area contributed by atoms with Gasteiger partial charge in [-0.25, -0.2) is 0 Å². The van der Waals surface area contributed by atoms with Gasteiger partial charge in [-0.3, -0.25) is 4.79 Å². The van der Waals surface area contributed by atoms with Crippen molar-refractivity contribution < 1.29 is 24.1 Å². The van der Waals surface area contributed by atoms with Gasteiger partial charge in [0, 0.05) is 5.02 Å². The third kappa shape index (κ3) is 3.78. The van der Waals surface area contributed by atoms with Crippen molar-refractivity contribution in [2.75, 3.05) is 21.3 Å². The van der Waals surface area contributed by atoms with Crippen LogP contribution in [-0.2, 0) is 0 Å². The predicted octanol–water partition coefficient (Wildman–Crippen LogP) is 4.58. The lowest BCUT2D eigenvalue weighted by molar-refractivity contribution is 0.104. The molecule has 0 amide bonds. The molecule has 0 saturated heterocycles. The highest BCUT2D eigenvalue weighted by atomic mass is 35.5. The molecule has 0 aromatic heterocycles. The normalized spacial score (nSPS) is 10.8. The number of aryl methyl sites for hydroxylation is 1. The minimum atomic E-state index is -0.351. The lowest BCUT2D eigenvalue weighted by Gasteiger charge is -2.13. The number of methoxy groups -OCH3 is 3. The average Bonchev–Trinajstić information content (AvgIpc) is 2.63.